The minimum Gasteiger partial charge on any atom is -0.496 e. The van der Waals surface area contributed by atoms with Crippen LogP contribution in [-0.4, -0.2) is 30.1 Å². The molecule has 0 radical (unpaired) electrons. The number of nitrogens with two attached hydrogens (primary N) is 1. The zero-order valence-corrected chi connectivity index (χ0v) is 12.7. The van der Waals surface area contributed by atoms with Crippen molar-refractivity contribution in [3.63, 3.8) is 0 Å². The van der Waals surface area contributed by atoms with Crippen LogP contribution >= 0.6 is 12.2 Å². The number of hydrogen-bond acceptors (Lipinski definition) is 3. The lowest BCUT2D eigenvalue weighted by Gasteiger charge is -2.17. The molecular formula is C15H22N2OS. The molecule has 2 unspecified atom stereocenters. The highest BCUT2D eigenvalue weighted by Gasteiger charge is 2.25. The highest BCUT2D eigenvalue weighted by Crippen LogP contribution is 2.26. The molecule has 1 aromatic carbocycles. The predicted octanol–water partition coefficient (Wildman–Crippen LogP) is 2.42. The zero-order chi connectivity index (χ0) is 14.0. The largest absolute Gasteiger partial charge is 0.496 e. The summed E-state index contributed by atoms with van der Waals surface area (Å²) in [6.45, 7) is 7.94. The summed E-state index contributed by atoms with van der Waals surface area (Å²) in [5, 5.41) is 0. The molecule has 1 fully saturated rings. The maximum Gasteiger partial charge on any atom is 0.129 e. The van der Waals surface area contributed by atoms with Gasteiger partial charge in [0, 0.05) is 19.6 Å². The summed E-state index contributed by atoms with van der Waals surface area (Å²) in [5.74, 6) is 2.32. The maximum absolute atomic E-state index is 5.68. The fourth-order valence-electron chi connectivity index (χ4n) is 2.67. The van der Waals surface area contributed by atoms with E-state index < -0.39 is 0 Å². The molecule has 0 amide bonds. The van der Waals surface area contributed by atoms with Gasteiger partial charge in [-0.15, -0.1) is 0 Å². The maximum atomic E-state index is 5.68. The summed E-state index contributed by atoms with van der Waals surface area (Å²) < 4.78 is 5.37. The molecule has 2 atom stereocenters. The molecule has 4 heteroatoms. The quantitative estimate of drug-likeness (QED) is 0.859. The van der Waals surface area contributed by atoms with Crippen LogP contribution < -0.4 is 10.5 Å². The molecular weight excluding hydrogens is 256 g/mol. The second-order valence-electron chi connectivity index (χ2n) is 5.55. The lowest BCUT2D eigenvalue weighted by Crippen LogP contribution is -2.20. The van der Waals surface area contributed by atoms with Gasteiger partial charge in [0.2, 0.25) is 0 Å². The molecule has 0 aromatic heterocycles. The first-order chi connectivity index (χ1) is 9.01. The molecule has 1 aliphatic rings. The average molecular weight is 278 g/mol. The second-order valence-corrected chi connectivity index (χ2v) is 5.99. The molecule has 19 heavy (non-hydrogen) atoms. The monoisotopic (exact) mass is 278 g/mol. The molecule has 1 aromatic rings. The Bertz CT molecular complexity index is 465. The van der Waals surface area contributed by atoms with E-state index in [1.165, 1.54) is 18.7 Å². The Balaban J connectivity index is 2.12. The van der Waals surface area contributed by atoms with Gasteiger partial charge in [-0.2, -0.15) is 0 Å². The van der Waals surface area contributed by atoms with Crippen molar-refractivity contribution in [2.75, 3.05) is 20.2 Å². The molecule has 2 rings (SSSR count). The van der Waals surface area contributed by atoms with Gasteiger partial charge in [-0.1, -0.05) is 32.1 Å². The van der Waals surface area contributed by atoms with Gasteiger partial charge < -0.3 is 10.5 Å². The minimum absolute atomic E-state index is 0.381. The number of rotatable bonds is 4. The summed E-state index contributed by atoms with van der Waals surface area (Å²) in [6, 6.07) is 6.09. The lowest BCUT2D eigenvalue weighted by atomic mass is 10.0. The highest BCUT2D eigenvalue weighted by molar-refractivity contribution is 7.80. The molecule has 3 nitrogen and oxygen atoms in total. The molecule has 1 heterocycles. The Kier molecular flexibility index (Phi) is 4.42. The zero-order valence-electron chi connectivity index (χ0n) is 11.8. The average Bonchev–Trinajstić information content (AvgIpc) is 2.67. The van der Waals surface area contributed by atoms with E-state index in [0.29, 0.717) is 4.99 Å². The summed E-state index contributed by atoms with van der Waals surface area (Å²) in [5.41, 5.74) is 7.74. The van der Waals surface area contributed by atoms with Crippen LogP contribution in [0.2, 0.25) is 0 Å². The summed E-state index contributed by atoms with van der Waals surface area (Å²) in [6.07, 6.45) is 0. The van der Waals surface area contributed by atoms with Crippen LogP contribution in [0.25, 0.3) is 0 Å². The topological polar surface area (TPSA) is 38.5 Å². The Morgan fingerprint density at radius 2 is 2.00 bits per heavy atom. The van der Waals surface area contributed by atoms with E-state index >= 15 is 0 Å². The van der Waals surface area contributed by atoms with Crippen molar-refractivity contribution in [1.29, 1.82) is 0 Å². The van der Waals surface area contributed by atoms with Crippen LogP contribution in [0.15, 0.2) is 18.2 Å². The van der Waals surface area contributed by atoms with E-state index in [0.717, 1.165) is 29.7 Å². The molecule has 0 spiro atoms. The third-order valence-electron chi connectivity index (χ3n) is 4.00. The number of methoxy groups -OCH3 is 1. The van der Waals surface area contributed by atoms with Crippen molar-refractivity contribution in [2.24, 2.45) is 17.6 Å². The van der Waals surface area contributed by atoms with E-state index in [2.05, 4.69) is 24.8 Å². The Morgan fingerprint density at radius 1 is 1.37 bits per heavy atom. The number of ether oxygens (including phenoxy) is 1. The van der Waals surface area contributed by atoms with Crippen molar-refractivity contribution in [3.8, 4) is 5.75 Å². The molecule has 0 bridgehead atoms. The SMILES string of the molecule is COc1cc(CN2CC(C)C(C)C2)ccc1C(N)=S. The summed E-state index contributed by atoms with van der Waals surface area (Å²) >= 11 is 5.02. The smallest absolute Gasteiger partial charge is 0.129 e. The van der Waals surface area contributed by atoms with Crippen LogP contribution in [0.5, 0.6) is 5.75 Å². The van der Waals surface area contributed by atoms with E-state index in [1.807, 2.05) is 12.1 Å². The molecule has 104 valence electrons. The van der Waals surface area contributed by atoms with Gasteiger partial charge in [-0.05, 0) is 29.5 Å². The van der Waals surface area contributed by atoms with Gasteiger partial charge >= 0.3 is 0 Å². The van der Waals surface area contributed by atoms with Gasteiger partial charge in [0.05, 0.1) is 12.7 Å². The number of thiocarbonyl (C=S) groups is 1. The Morgan fingerprint density at radius 3 is 2.53 bits per heavy atom. The number of nitrogens with zero attached hydrogens (tertiary/aromatic N) is 1. The van der Waals surface area contributed by atoms with E-state index in [-0.39, 0.29) is 0 Å². The number of likely N-dealkylation sites (tertiary alicyclic amines) is 1. The van der Waals surface area contributed by atoms with Crippen molar-refractivity contribution in [1.82, 2.24) is 4.90 Å². The van der Waals surface area contributed by atoms with Crippen molar-refractivity contribution in [2.45, 2.75) is 20.4 Å². The molecule has 1 saturated heterocycles. The van der Waals surface area contributed by atoms with Gasteiger partial charge in [0.25, 0.3) is 0 Å². The van der Waals surface area contributed by atoms with Crippen LogP contribution in [-0.2, 0) is 6.54 Å². The predicted molar refractivity (Wildman–Crippen MR) is 82.5 cm³/mol. The Labute approximate surface area is 120 Å². The first kappa shape index (κ1) is 14.3. The normalized spacial score (nSPS) is 23.5. The van der Waals surface area contributed by atoms with Crippen LogP contribution in [0.4, 0.5) is 0 Å². The third kappa shape index (κ3) is 3.25. The lowest BCUT2D eigenvalue weighted by molar-refractivity contribution is 0.315. The first-order valence-electron chi connectivity index (χ1n) is 6.70. The van der Waals surface area contributed by atoms with Gasteiger partial charge in [0.15, 0.2) is 0 Å². The van der Waals surface area contributed by atoms with Crippen molar-refractivity contribution < 1.29 is 4.74 Å². The van der Waals surface area contributed by atoms with E-state index in [9.17, 15) is 0 Å². The molecule has 0 aliphatic carbocycles. The van der Waals surface area contributed by atoms with Crippen molar-refractivity contribution >= 4 is 17.2 Å². The summed E-state index contributed by atoms with van der Waals surface area (Å²) in [4.78, 5) is 2.87. The highest BCUT2D eigenvalue weighted by atomic mass is 32.1. The Hall–Kier alpha value is -1.13. The van der Waals surface area contributed by atoms with Gasteiger partial charge in [-0.25, -0.2) is 0 Å². The van der Waals surface area contributed by atoms with Crippen LogP contribution in [0.3, 0.4) is 0 Å². The van der Waals surface area contributed by atoms with E-state index in [1.54, 1.807) is 7.11 Å². The van der Waals surface area contributed by atoms with Gasteiger partial charge in [-0.3, -0.25) is 4.90 Å². The number of benzene rings is 1. The minimum atomic E-state index is 0.381. The first-order valence-corrected chi connectivity index (χ1v) is 7.11. The summed E-state index contributed by atoms with van der Waals surface area (Å²) in [7, 11) is 1.65. The fourth-order valence-corrected chi connectivity index (χ4v) is 2.84. The number of hydrogen-bond donors (Lipinski definition) is 1. The van der Waals surface area contributed by atoms with Crippen LogP contribution in [0.1, 0.15) is 25.0 Å². The van der Waals surface area contributed by atoms with E-state index in [4.69, 9.17) is 22.7 Å². The van der Waals surface area contributed by atoms with Gasteiger partial charge in [0.1, 0.15) is 10.7 Å². The molecule has 2 N–H and O–H groups in total. The van der Waals surface area contributed by atoms with Crippen molar-refractivity contribution in [3.05, 3.63) is 29.3 Å². The molecule has 1 aliphatic heterocycles. The second kappa shape index (κ2) is 5.88. The standard InChI is InChI=1S/C15H22N2OS/c1-10-7-17(8-11(10)2)9-12-4-5-13(15(16)19)14(6-12)18-3/h4-6,10-11H,7-9H2,1-3H3,(H2,16,19). The fraction of sp³-hybridized carbons (Fsp3) is 0.533. The third-order valence-corrected chi connectivity index (χ3v) is 4.22. The molecule has 0 saturated carbocycles. The van der Waals surface area contributed by atoms with Crippen LogP contribution in [0, 0.1) is 11.8 Å².